The average Bonchev–Trinajstić information content (AvgIpc) is 2.91. The number of unbranched alkanes of at least 4 members (excludes halogenated alkanes) is 2. The first kappa shape index (κ1) is 34.5. The van der Waals surface area contributed by atoms with Gasteiger partial charge in [0, 0.05) is 41.6 Å². The van der Waals surface area contributed by atoms with Gasteiger partial charge in [-0.05, 0) is 85.1 Å². The number of nitrogens with zero attached hydrogens (tertiary/aromatic N) is 3. The highest BCUT2D eigenvalue weighted by atomic mass is 35.5. The number of hydrogen-bond acceptors (Lipinski definition) is 9. The van der Waals surface area contributed by atoms with E-state index in [0.29, 0.717) is 23.7 Å². The lowest BCUT2D eigenvalue weighted by molar-refractivity contribution is -0.677. The van der Waals surface area contributed by atoms with Crippen molar-refractivity contribution >= 4 is 77.0 Å². The first-order valence-corrected chi connectivity index (χ1v) is 18.5. The van der Waals surface area contributed by atoms with E-state index in [9.17, 15) is 29.8 Å². The summed E-state index contributed by atoms with van der Waals surface area (Å²) in [5, 5.41) is 2.76. The highest BCUT2D eigenvalue weighted by Crippen LogP contribution is 2.33. The number of fused-ring (bicyclic) bond motifs is 1. The minimum Gasteiger partial charge on any atom is -0.341 e. The van der Waals surface area contributed by atoms with E-state index < -0.39 is 36.0 Å². The maximum atomic E-state index is 12.0. The van der Waals surface area contributed by atoms with E-state index in [1.165, 1.54) is 29.1 Å². The molecule has 11 nitrogen and oxygen atoms in total. The minimum absolute atomic E-state index is 0.187. The van der Waals surface area contributed by atoms with Crippen LogP contribution in [0.3, 0.4) is 0 Å². The lowest BCUT2D eigenvalue weighted by atomic mass is 10.0. The van der Waals surface area contributed by atoms with Crippen LogP contribution in [0.2, 0.25) is 0 Å². The third-order valence-corrected chi connectivity index (χ3v) is 10.0. The van der Waals surface area contributed by atoms with Gasteiger partial charge in [0.25, 0.3) is 26.0 Å². The number of anilines is 1. The molecule has 1 aliphatic heterocycles. The number of benzene rings is 1. The zero-order valence-corrected chi connectivity index (χ0v) is 27.0. The summed E-state index contributed by atoms with van der Waals surface area (Å²) >= 11 is 11.0. The number of pyridine rings is 1. The van der Waals surface area contributed by atoms with Crippen molar-refractivity contribution in [2.75, 3.05) is 24.2 Å². The normalized spacial score (nSPS) is 15.1. The number of hydrogen-bond donors (Lipinski definition) is 2. The molecule has 0 radical (unpaired) electrons. The van der Waals surface area contributed by atoms with Gasteiger partial charge in [-0.25, -0.2) is 21.8 Å². The van der Waals surface area contributed by atoms with Gasteiger partial charge in [-0.3, -0.25) is 4.55 Å². The van der Waals surface area contributed by atoms with Gasteiger partial charge < -0.3 is 4.90 Å². The van der Waals surface area contributed by atoms with E-state index in [4.69, 9.17) is 11.6 Å². The second-order valence-corrected chi connectivity index (χ2v) is 15.2. The molecule has 0 saturated carbocycles. The molecule has 1 aliphatic rings. The Hall–Kier alpha value is -3.01. The Morgan fingerprint density at radius 1 is 1.09 bits per heavy atom. The van der Waals surface area contributed by atoms with Crippen LogP contribution in [0, 0.1) is 0 Å². The fraction of sp³-hybridized carbons (Fsp3) is 0.259. The third kappa shape index (κ3) is 11.5. The smallest absolute Gasteiger partial charge is 0.294 e. The Morgan fingerprint density at radius 3 is 2.47 bits per heavy atom. The predicted molar refractivity (Wildman–Crippen MR) is 171 cm³/mol. The zero-order chi connectivity index (χ0) is 31.7. The molecular formula is C27H30ClN4O7S4+. The molecule has 2 N–H and O–H groups in total. The predicted octanol–water partition coefficient (Wildman–Crippen LogP) is 3.88. The van der Waals surface area contributed by atoms with Crippen molar-refractivity contribution in [2.24, 2.45) is 4.99 Å². The van der Waals surface area contributed by atoms with Gasteiger partial charge in [0.15, 0.2) is 12.4 Å². The molecule has 16 heteroatoms. The summed E-state index contributed by atoms with van der Waals surface area (Å²) in [5.41, 5.74) is 2.98. The van der Waals surface area contributed by atoms with Crippen LogP contribution in [0.4, 0.5) is 5.69 Å². The Morgan fingerprint density at radius 2 is 1.81 bits per heavy atom. The lowest BCUT2D eigenvalue weighted by Gasteiger charge is -2.30. The molecule has 0 unspecified atom stereocenters. The Balaban J connectivity index is 1.76. The molecular weight excluding hydrogens is 656 g/mol. The van der Waals surface area contributed by atoms with E-state index in [-0.39, 0.29) is 4.90 Å². The fourth-order valence-corrected chi connectivity index (χ4v) is 7.42. The van der Waals surface area contributed by atoms with Crippen molar-refractivity contribution in [3.8, 4) is 0 Å². The van der Waals surface area contributed by atoms with Gasteiger partial charge in [0.1, 0.15) is 0 Å². The SMILES string of the molecule is CS(=O)(=O)NS(=O)(=O)C[n+]1ccc(C=CC(Cl)=CC=C2C=Cc3cc(S(=O)(=O)O)ccc3N2CCCCCN=C=S)cc1. The van der Waals surface area contributed by atoms with Crippen LogP contribution in [-0.2, 0) is 36.0 Å². The number of nitrogens with one attached hydrogen (secondary N) is 1. The maximum Gasteiger partial charge on any atom is 0.294 e. The number of aliphatic imine (C=N–C) groups is 1. The number of sulfonamides is 2. The summed E-state index contributed by atoms with van der Waals surface area (Å²) in [7, 11) is -12.3. The zero-order valence-electron chi connectivity index (χ0n) is 23.0. The van der Waals surface area contributed by atoms with E-state index >= 15 is 0 Å². The lowest BCUT2D eigenvalue weighted by Crippen LogP contribution is -2.43. The van der Waals surface area contributed by atoms with Crippen LogP contribution in [0.1, 0.15) is 30.4 Å². The second-order valence-electron chi connectivity index (χ2n) is 9.44. The standard InChI is InChI=1S/C27H29ClN4O7S4/c1-41(33,34)30-42(35,36)21-31-17-13-22(14-18-31)5-7-24(28)8-10-25-9-6-23-19-26(43(37,38)39)11-12-27(23)32(25)16-4-2-3-15-29-20-40/h5-14,17-19,30H,2-4,15-16,21H2,1H3/p+1. The molecule has 3 rings (SSSR count). The number of rotatable bonds is 14. The number of allylic oxidation sites excluding steroid dienone is 5. The molecule has 1 aromatic carbocycles. The summed E-state index contributed by atoms with van der Waals surface area (Å²) < 4.78 is 82.0. The van der Waals surface area contributed by atoms with Crippen molar-refractivity contribution in [1.82, 2.24) is 4.13 Å². The molecule has 0 aliphatic carbocycles. The van der Waals surface area contributed by atoms with Gasteiger partial charge in [-0.15, -0.1) is 4.13 Å². The minimum atomic E-state index is -4.34. The molecule has 230 valence electrons. The van der Waals surface area contributed by atoms with Crippen molar-refractivity contribution in [1.29, 1.82) is 0 Å². The van der Waals surface area contributed by atoms with Crippen LogP contribution in [0.5, 0.6) is 0 Å². The highest BCUT2D eigenvalue weighted by Gasteiger charge is 2.22. The van der Waals surface area contributed by atoms with Gasteiger partial charge in [-0.2, -0.15) is 13.0 Å². The van der Waals surface area contributed by atoms with Crippen molar-refractivity contribution in [3.63, 3.8) is 0 Å². The van der Waals surface area contributed by atoms with Crippen molar-refractivity contribution in [3.05, 3.63) is 88.9 Å². The number of halogens is 1. The molecule has 0 spiro atoms. The third-order valence-electron chi connectivity index (χ3n) is 5.91. The monoisotopic (exact) mass is 685 g/mol. The van der Waals surface area contributed by atoms with Gasteiger partial charge in [0.05, 0.1) is 16.3 Å². The summed E-state index contributed by atoms with van der Waals surface area (Å²) in [4.78, 5) is 5.78. The number of isothiocyanates is 1. The number of aromatic nitrogens is 1. The molecule has 1 aromatic heterocycles. The molecule has 43 heavy (non-hydrogen) atoms. The quantitative estimate of drug-likeness (QED) is 0.0753. The largest absolute Gasteiger partial charge is 0.341 e. The summed E-state index contributed by atoms with van der Waals surface area (Å²) in [6.07, 6.45) is 16.9. The Kier molecular flexibility index (Phi) is 12.1. The average molecular weight is 686 g/mol. The summed E-state index contributed by atoms with van der Waals surface area (Å²) in [6, 6.07) is 7.74. The van der Waals surface area contributed by atoms with Crippen LogP contribution >= 0.6 is 23.8 Å². The van der Waals surface area contributed by atoms with Crippen LogP contribution in [0.15, 0.2) is 87.6 Å². The molecule has 2 heterocycles. The van der Waals surface area contributed by atoms with Gasteiger partial charge in [0.2, 0.25) is 10.0 Å². The number of thiocarbonyl (C=S) groups is 1. The molecule has 0 amide bonds. The van der Waals surface area contributed by atoms with E-state index in [1.807, 2.05) is 17.1 Å². The first-order valence-electron chi connectivity index (χ1n) is 12.7. The van der Waals surface area contributed by atoms with E-state index in [0.717, 1.165) is 42.5 Å². The molecule has 0 fully saturated rings. The molecule has 2 aromatic rings. The van der Waals surface area contributed by atoms with Crippen LogP contribution in [0.25, 0.3) is 12.2 Å². The van der Waals surface area contributed by atoms with E-state index in [2.05, 4.69) is 22.4 Å². The van der Waals surface area contributed by atoms with Crippen LogP contribution < -0.4 is 13.6 Å². The van der Waals surface area contributed by atoms with Crippen molar-refractivity contribution in [2.45, 2.75) is 30.0 Å². The molecule has 0 atom stereocenters. The topological polar surface area (TPSA) is 154 Å². The molecule has 0 bridgehead atoms. The van der Waals surface area contributed by atoms with Crippen LogP contribution in [-0.4, -0.2) is 54.3 Å². The maximum absolute atomic E-state index is 12.0. The van der Waals surface area contributed by atoms with Crippen molar-refractivity contribution < 1.29 is 34.4 Å². The Labute approximate surface area is 262 Å². The molecule has 0 saturated heterocycles. The fourth-order valence-electron chi connectivity index (χ4n) is 4.07. The highest BCUT2D eigenvalue weighted by molar-refractivity contribution is 8.03. The van der Waals surface area contributed by atoms with Gasteiger partial charge in [-0.1, -0.05) is 23.8 Å². The summed E-state index contributed by atoms with van der Waals surface area (Å²) in [6.45, 7) is 1.24. The van der Waals surface area contributed by atoms with Gasteiger partial charge >= 0.3 is 0 Å². The van der Waals surface area contributed by atoms with E-state index in [1.54, 1.807) is 46.6 Å². The Bertz CT molecular complexity index is 1830. The summed E-state index contributed by atoms with van der Waals surface area (Å²) in [5.74, 6) is -0.566. The first-order chi connectivity index (χ1) is 20.2. The second kappa shape index (κ2) is 15.1.